The number of nitriles is 1. The van der Waals surface area contributed by atoms with E-state index in [9.17, 15) is 0 Å². The Bertz CT molecular complexity index is 407. The molecule has 0 saturated heterocycles. The molecule has 0 radical (unpaired) electrons. The van der Waals surface area contributed by atoms with Crippen LogP contribution >= 0.6 is 0 Å². The largest absolute Gasteiger partial charge is 0.479 e. The van der Waals surface area contributed by atoms with Gasteiger partial charge < -0.3 is 15.0 Å². The first kappa shape index (κ1) is 16.5. The van der Waals surface area contributed by atoms with Gasteiger partial charge in [0.15, 0.2) is 6.61 Å². The predicted octanol–water partition coefficient (Wildman–Crippen LogP) is 2.58. The van der Waals surface area contributed by atoms with Crippen LogP contribution in [-0.4, -0.2) is 37.7 Å². The Hall–Kier alpha value is -1.57. The predicted molar refractivity (Wildman–Crippen MR) is 81.8 cm³/mol. The molecule has 0 aromatic heterocycles. The van der Waals surface area contributed by atoms with Crippen LogP contribution in [0.2, 0.25) is 0 Å². The summed E-state index contributed by atoms with van der Waals surface area (Å²) in [6.07, 6.45) is 0. The molecule has 0 aliphatic rings. The standard InChI is InChI=1S/C16H25N3O/c1-4-19(5-2)12-11-18-14(3)15-6-8-16(9-7-15)20-13-10-17/h6-9,14,18H,4-5,11-13H2,1-3H3. The number of nitrogens with one attached hydrogen (secondary N) is 1. The molecular formula is C16H25N3O. The van der Waals surface area contributed by atoms with Crippen LogP contribution in [0.4, 0.5) is 0 Å². The van der Waals surface area contributed by atoms with Gasteiger partial charge in [-0.3, -0.25) is 0 Å². The van der Waals surface area contributed by atoms with Crippen LogP contribution in [0.25, 0.3) is 0 Å². The highest BCUT2D eigenvalue weighted by atomic mass is 16.5. The molecule has 1 aromatic carbocycles. The topological polar surface area (TPSA) is 48.3 Å². The molecule has 0 amide bonds. The van der Waals surface area contributed by atoms with E-state index in [1.807, 2.05) is 30.3 Å². The van der Waals surface area contributed by atoms with E-state index < -0.39 is 0 Å². The average molecular weight is 275 g/mol. The van der Waals surface area contributed by atoms with Crippen molar-refractivity contribution in [3.05, 3.63) is 29.8 Å². The molecule has 0 spiro atoms. The third-order valence-electron chi connectivity index (χ3n) is 3.46. The van der Waals surface area contributed by atoms with Crippen LogP contribution in [0.15, 0.2) is 24.3 Å². The maximum atomic E-state index is 8.46. The van der Waals surface area contributed by atoms with Gasteiger partial charge >= 0.3 is 0 Å². The summed E-state index contributed by atoms with van der Waals surface area (Å²) in [4.78, 5) is 2.40. The van der Waals surface area contributed by atoms with E-state index in [2.05, 4.69) is 31.0 Å². The lowest BCUT2D eigenvalue weighted by atomic mass is 10.1. The maximum absolute atomic E-state index is 8.46. The lowest BCUT2D eigenvalue weighted by Gasteiger charge is -2.20. The van der Waals surface area contributed by atoms with Crippen LogP contribution in [0.5, 0.6) is 5.75 Å². The Balaban J connectivity index is 2.39. The van der Waals surface area contributed by atoms with Gasteiger partial charge in [-0.25, -0.2) is 0 Å². The van der Waals surface area contributed by atoms with E-state index in [4.69, 9.17) is 10.00 Å². The Kier molecular flexibility index (Phi) is 7.71. The van der Waals surface area contributed by atoms with Crippen molar-refractivity contribution in [1.29, 1.82) is 5.26 Å². The van der Waals surface area contributed by atoms with Gasteiger partial charge in [0, 0.05) is 19.1 Å². The van der Waals surface area contributed by atoms with Gasteiger partial charge in [0.1, 0.15) is 11.8 Å². The summed E-state index contributed by atoms with van der Waals surface area (Å²) in [6, 6.07) is 10.2. The summed E-state index contributed by atoms with van der Waals surface area (Å²) < 4.78 is 5.24. The number of hydrogen-bond donors (Lipinski definition) is 1. The smallest absolute Gasteiger partial charge is 0.174 e. The van der Waals surface area contributed by atoms with Crippen molar-refractivity contribution in [3.63, 3.8) is 0 Å². The minimum absolute atomic E-state index is 0.0943. The zero-order chi connectivity index (χ0) is 14.8. The van der Waals surface area contributed by atoms with Gasteiger partial charge in [-0.15, -0.1) is 0 Å². The van der Waals surface area contributed by atoms with Gasteiger partial charge in [-0.05, 0) is 37.7 Å². The second kappa shape index (κ2) is 9.35. The van der Waals surface area contributed by atoms with Crippen LogP contribution in [0.3, 0.4) is 0 Å². The molecule has 0 aliphatic carbocycles. The quantitative estimate of drug-likeness (QED) is 0.752. The van der Waals surface area contributed by atoms with Crippen LogP contribution < -0.4 is 10.1 Å². The van der Waals surface area contributed by atoms with E-state index in [1.165, 1.54) is 5.56 Å². The molecule has 20 heavy (non-hydrogen) atoms. The first-order valence-electron chi connectivity index (χ1n) is 7.26. The van der Waals surface area contributed by atoms with E-state index in [-0.39, 0.29) is 6.61 Å². The van der Waals surface area contributed by atoms with Crippen LogP contribution in [0, 0.1) is 11.3 Å². The van der Waals surface area contributed by atoms with Crippen molar-refractivity contribution in [2.75, 3.05) is 32.8 Å². The fourth-order valence-electron chi connectivity index (χ4n) is 2.07. The molecular weight excluding hydrogens is 250 g/mol. The first-order chi connectivity index (χ1) is 9.71. The summed E-state index contributed by atoms with van der Waals surface area (Å²) in [5.41, 5.74) is 1.23. The molecule has 1 unspecified atom stereocenters. The van der Waals surface area contributed by atoms with Crippen molar-refractivity contribution >= 4 is 0 Å². The minimum atomic E-state index is 0.0943. The van der Waals surface area contributed by atoms with Crippen LogP contribution in [0.1, 0.15) is 32.4 Å². The molecule has 1 aromatic rings. The molecule has 0 saturated carbocycles. The number of likely N-dealkylation sites (N-methyl/N-ethyl adjacent to an activating group) is 1. The normalized spacial score (nSPS) is 12.2. The number of rotatable bonds is 9. The van der Waals surface area contributed by atoms with Crippen molar-refractivity contribution in [1.82, 2.24) is 10.2 Å². The second-order valence-electron chi connectivity index (χ2n) is 4.72. The molecule has 0 bridgehead atoms. The van der Waals surface area contributed by atoms with Crippen molar-refractivity contribution in [2.45, 2.75) is 26.8 Å². The Labute approximate surface area is 122 Å². The molecule has 0 heterocycles. The lowest BCUT2D eigenvalue weighted by Crippen LogP contribution is -2.33. The number of ether oxygens (including phenoxy) is 1. The Morgan fingerprint density at radius 2 is 1.90 bits per heavy atom. The highest BCUT2D eigenvalue weighted by Crippen LogP contribution is 2.17. The Morgan fingerprint density at radius 1 is 1.25 bits per heavy atom. The summed E-state index contributed by atoms with van der Waals surface area (Å²) >= 11 is 0. The molecule has 110 valence electrons. The van der Waals surface area contributed by atoms with Gasteiger partial charge in [0.25, 0.3) is 0 Å². The third kappa shape index (κ3) is 5.60. The summed E-state index contributed by atoms with van der Waals surface area (Å²) in [7, 11) is 0. The zero-order valence-electron chi connectivity index (χ0n) is 12.7. The van der Waals surface area contributed by atoms with Gasteiger partial charge in [0.05, 0.1) is 0 Å². The fourth-order valence-corrected chi connectivity index (χ4v) is 2.07. The summed E-state index contributed by atoms with van der Waals surface area (Å²) in [6.45, 7) is 10.9. The van der Waals surface area contributed by atoms with E-state index in [0.29, 0.717) is 6.04 Å². The highest BCUT2D eigenvalue weighted by molar-refractivity contribution is 5.29. The second-order valence-corrected chi connectivity index (χ2v) is 4.72. The fraction of sp³-hybridized carbons (Fsp3) is 0.562. The molecule has 1 rings (SSSR count). The number of nitrogens with zero attached hydrogens (tertiary/aromatic N) is 2. The zero-order valence-corrected chi connectivity index (χ0v) is 12.7. The summed E-state index contributed by atoms with van der Waals surface area (Å²) in [5, 5.41) is 12.0. The monoisotopic (exact) mass is 275 g/mol. The van der Waals surface area contributed by atoms with Gasteiger partial charge in [0.2, 0.25) is 0 Å². The van der Waals surface area contributed by atoms with Crippen molar-refractivity contribution < 1.29 is 4.74 Å². The molecule has 1 atom stereocenters. The molecule has 4 heteroatoms. The average Bonchev–Trinajstić information content (AvgIpc) is 2.50. The third-order valence-corrected chi connectivity index (χ3v) is 3.46. The maximum Gasteiger partial charge on any atom is 0.174 e. The van der Waals surface area contributed by atoms with Gasteiger partial charge in [-0.2, -0.15) is 5.26 Å². The minimum Gasteiger partial charge on any atom is -0.479 e. The lowest BCUT2D eigenvalue weighted by molar-refractivity contribution is 0.298. The van der Waals surface area contributed by atoms with E-state index in [0.717, 1.165) is 31.9 Å². The van der Waals surface area contributed by atoms with Crippen molar-refractivity contribution in [3.8, 4) is 11.8 Å². The van der Waals surface area contributed by atoms with E-state index in [1.54, 1.807) is 0 Å². The highest BCUT2D eigenvalue weighted by Gasteiger charge is 2.06. The molecule has 0 fully saturated rings. The summed E-state index contributed by atoms with van der Waals surface area (Å²) in [5.74, 6) is 0.741. The SMILES string of the molecule is CCN(CC)CCNC(C)c1ccc(OCC#N)cc1. The first-order valence-corrected chi connectivity index (χ1v) is 7.26. The van der Waals surface area contributed by atoms with Crippen LogP contribution in [-0.2, 0) is 0 Å². The van der Waals surface area contributed by atoms with Crippen molar-refractivity contribution in [2.24, 2.45) is 0 Å². The molecule has 0 aliphatic heterocycles. The molecule has 4 nitrogen and oxygen atoms in total. The molecule has 1 N–H and O–H groups in total. The van der Waals surface area contributed by atoms with Gasteiger partial charge in [-0.1, -0.05) is 26.0 Å². The number of benzene rings is 1. The number of hydrogen-bond acceptors (Lipinski definition) is 4. The van der Waals surface area contributed by atoms with E-state index >= 15 is 0 Å². The Morgan fingerprint density at radius 3 is 2.45 bits per heavy atom.